The van der Waals surface area contributed by atoms with Crippen molar-refractivity contribution in [3.63, 3.8) is 0 Å². The van der Waals surface area contributed by atoms with Gasteiger partial charge in [-0.05, 0) is 12.5 Å². The van der Waals surface area contributed by atoms with Gasteiger partial charge in [0.2, 0.25) is 0 Å². The average Bonchev–Trinajstić information content (AvgIpc) is 2.59. The number of para-hydroxylation sites is 1. The summed E-state index contributed by atoms with van der Waals surface area (Å²) in [5.74, 6) is -1.46. The number of carboxylic acids is 1. The molecule has 2 aliphatic rings. The molecule has 0 amide bonds. The topological polar surface area (TPSA) is 53.4 Å². The zero-order valence-electron chi connectivity index (χ0n) is 14.6. The van der Waals surface area contributed by atoms with Crippen LogP contribution < -0.4 is 0 Å². The lowest BCUT2D eigenvalue weighted by Crippen LogP contribution is -2.59. The number of pyridine rings is 1. The summed E-state index contributed by atoms with van der Waals surface area (Å²) in [6.07, 6.45) is 2.92. The van der Waals surface area contributed by atoms with Crippen LogP contribution >= 0.6 is 11.6 Å². The van der Waals surface area contributed by atoms with Crippen molar-refractivity contribution in [2.24, 2.45) is 5.92 Å². The molecule has 28 heavy (non-hydrogen) atoms. The lowest BCUT2D eigenvalue weighted by molar-refractivity contribution is -0.150. The fourth-order valence-corrected chi connectivity index (χ4v) is 4.36. The lowest BCUT2D eigenvalue weighted by atomic mass is 9.77. The molecule has 1 unspecified atom stereocenters. The van der Waals surface area contributed by atoms with Gasteiger partial charge in [-0.3, -0.25) is 9.69 Å². The number of aliphatic carboxylic acids is 1. The minimum Gasteiger partial charge on any atom is -0.481 e. The van der Waals surface area contributed by atoms with Gasteiger partial charge in [0.25, 0.3) is 0 Å². The Morgan fingerprint density at radius 1 is 1.25 bits per heavy atom. The fourth-order valence-electron chi connectivity index (χ4n) is 3.95. The number of nitrogens with zero attached hydrogens (tertiary/aromatic N) is 2. The molecule has 0 saturated carbocycles. The van der Waals surface area contributed by atoms with Crippen LogP contribution in [0.1, 0.15) is 17.7 Å². The van der Waals surface area contributed by atoms with Crippen LogP contribution in [0.4, 0.5) is 13.2 Å². The number of rotatable bonds is 3. The Kier molecular flexibility index (Phi) is 4.47. The highest BCUT2D eigenvalue weighted by Gasteiger charge is 2.49. The first kappa shape index (κ1) is 19.0. The van der Waals surface area contributed by atoms with Gasteiger partial charge in [0.1, 0.15) is 0 Å². The number of benzene rings is 1. The summed E-state index contributed by atoms with van der Waals surface area (Å²) >= 11 is 6.34. The van der Waals surface area contributed by atoms with Crippen molar-refractivity contribution in [1.29, 1.82) is 0 Å². The van der Waals surface area contributed by atoms with E-state index in [9.17, 15) is 23.1 Å². The summed E-state index contributed by atoms with van der Waals surface area (Å²) in [5, 5.41) is 9.32. The third kappa shape index (κ3) is 2.89. The number of hydrogen-bond acceptors (Lipinski definition) is 3. The second kappa shape index (κ2) is 6.60. The van der Waals surface area contributed by atoms with Crippen LogP contribution in [0.25, 0.3) is 10.9 Å². The fraction of sp³-hybridized carbons (Fsp3) is 0.300. The zero-order chi connectivity index (χ0) is 20.1. The first-order chi connectivity index (χ1) is 13.2. The van der Waals surface area contributed by atoms with Crippen molar-refractivity contribution in [2.75, 3.05) is 13.1 Å². The van der Waals surface area contributed by atoms with E-state index >= 15 is 0 Å². The summed E-state index contributed by atoms with van der Waals surface area (Å²) in [4.78, 5) is 16.9. The largest absolute Gasteiger partial charge is 0.481 e. The Labute approximate surface area is 163 Å². The number of fused-ring (bicyclic) bond motifs is 1. The average molecular weight is 409 g/mol. The van der Waals surface area contributed by atoms with Gasteiger partial charge >= 0.3 is 12.1 Å². The van der Waals surface area contributed by atoms with Gasteiger partial charge < -0.3 is 5.11 Å². The van der Waals surface area contributed by atoms with Crippen molar-refractivity contribution in [1.82, 2.24) is 9.88 Å². The first-order valence-electron chi connectivity index (χ1n) is 8.72. The lowest BCUT2D eigenvalue weighted by Gasteiger charge is -2.51. The summed E-state index contributed by atoms with van der Waals surface area (Å²) in [5.41, 5.74) is -1.57. The molecular weight excluding hydrogens is 393 g/mol. The molecule has 1 saturated heterocycles. The maximum absolute atomic E-state index is 13.6. The second-order valence-electron chi connectivity index (χ2n) is 7.02. The standard InChI is InChI=1S/C20H16ClF3N2O2/c21-16-15(13-6-2-3-7-14(13)25-17(16)20(22,23)24)19(8-4-1-5-9-19)26-10-12(11-26)18(27)28/h1-8,12H,9-11H2,(H,27,28). The number of likely N-dealkylation sites (tertiary alicyclic amines) is 1. The molecule has 4 nitrogen and oxygen atoms in total. The molecule has 1 fully saturated rings. The van der Waals surface area contributed by atoms with Gasteiger partial charge in [0.15, 0.2) is 5.69 Å². The molecule has 1 atom stereocenters. The Balaban J connectivity index is 1.97. The van der Waals surface area contributed by atoms with Crippen molar-refractivity contribution >= 4 is 28.5 Å². The van der Waals surface area contributed by atoms with Crippen LogP contribution in [0.3, 0.4) is 0 Å². The van der Waals surface area contributed by atoms with Gasteiger partial charge in [0, 0.05) is 24.0 Å². The van der Waals surface area contributed by atoms with E-state index in [1.807, 2.05) is 17.1 Å². The van der Waals surface area contributed by atoms with Crippen LogP contribution in [0.15, 0.2) is 48.6 Å². The normalized spacial score (nSPS) is 23.1. The first-order valence-corrected chi connectivity index (χ1v) is 9.10. The second-order valence-corrected chi connectivity index (χ2v) is 7.40. The molecule has 1 aromatic carbocycles. The van der Waals surface area contributed by atoms with E-state index in [0.29, 0.717) is 17.4 Å². The number of allylic oxidation sites excluding steroid dienone is 2. The molecule has 0 bridgehead atoms. The molecule has 2 aromatic rings. The van der Waals surface area contributed by atoms with Crippen LogP contribution in [0.2, 0.25) is 5.02 Å². The Bertz CT molecular complexity index is 1010. The predicted molar refractivity (Wildman–Crippen MR) is 99.0 cm³/mol. The van der Waals surface area contributed by atoms with Gasteiger partial charge in [-0.2, -0.15) is 13.2 Å². The van der Waals surface area contributed by atoms with Crippen LogP contribution in [0.5, 0.6) is 0 Å². The monoisotopic (exact) mass is 408 g/mol. The molecule has 4 rings (SSSR count). The highest BCUT2D eigenvalue weighted by molar-refractivity contribution is 6.33. The maximum atomic E-state index is 13.6. The molecule has 0 spiro atoms. The third-order valence-corrected chi connectivity index (χ3v) is 5.75. The number of aromatic nitrogens is 1. The van der Waals surface area contributed by atoms with E-state index in [2.05, 4.69) is 4.98 Å². The molecule has 2 heterocycles. The van der Waals surface area contributed by atoms with E-state index < -0.39 is 34.3 Å². The van der Waals surface area contributed by atoms with Crippen molar-refractivity contribution in [3.8, 4) is 0 Å². The van der Waals surface area contributed by atoms with E-state index in [-0.39, 0.29) is 18.6 Å². The summed E-state index contributed by atoms with van der Waals surface area (Å²) in [6, 6.07) is 6.58. The summed E-state index contributed by atoms with van der Waals surface area (Å²) in [6.45, 7) is 0.476. The van der Waals surface area contributed by atoms with Gasteiger partial charge in [0.05, 0.1) is 22.0 Å². The number of carboxylic acid groups (broad SMARTS) is 1. The van der Waals surface area contributed by atoms with Gasteiger partial charge in [-0.1, -0.05) is 54.1 Å². The highest BCUT2D eigenvalue weighted by atomic mass is 35.5. The maximum Gasteiger partial charge on any atom is 0.434 e. The van der Waals surface area contributed by atoms with E-state index in [1.54, 1.807) is 30.4 Å². The molecule has 1 aliphatic heterocycles. The van der Waals surface area contributed by atoms with Crippen LogP contribution in [-0.4, -0.2) is 34.0 Å². The smallest absolute Gasteiger partial charge is 0.434 e. The Morgan fingerprint density at radius 2 is 1.96 bits per heavy atom. The summed E-state index contributed by atoms with van der Waals surface area (Å²) < 4.78 is 40.9. The Hall–Kier alpha value is -2.38. The molecule has 1 aromatic heterocycles. The van der Waals surface area contributed by atoms with E-state index in [4.69, 9.17) is 11.6 Å². The van der Waals surface area contributed by atoms with Crippen LogP contribution in [0, 0.1) is 5.92 Å². The van der Waals surface area contributed by atoms with Crippen LogP contribution in [-0.2, 0) is 16.5 Å². The molecular formula is C20H16ClF3N2O2. The molecule has 8 heteroatoms. The molecule has 1 N–H and O–H groups in total. The number of halogens is 4. The van der Waals surface area contributed by atoms with E-state index in [0.717, 1.165) is 0 Å². The van der Waals surface area contributed by atoms with Crippen molar-refractivity contribution in [2.45, 2.75) is 18.1 Å². The SMILES string of the molecule is O=C(O)C1CN(C2(c3c(Cl)c(C(F)(F)F)nc4ccccc34)C=CC=CC2)C1. The molecule has 0 radical (unpaired) electrons. The van der Waals surface area contributed by atoms with Crippen molar-refractivity contribution in [3.05, 3.63) is 64.8 Å². The Morgan fingerprint density at radius 3 is 2.57 bits per heavy atom. The third-order valence-electron chi connectivity index (χ3n) is 5.38. The number of alkyl halides is 3. The van der Waals surface area contributed by atoms with E-state index in [1.165, 1.54) is 6.07 Å². The molecule has 1 aliphatic carbocycles. The van der Waals surface area contributed by atoms with Crippen molar-refractivity contribution < 1.29 is 23.1 Å². The minimum absolute atomic E-state index is 0.201. The number of hydrogen-bond donors (Lipinski definition) is 1. The quantitative estimate of drug-likeness (QED) is 0.804. The molecule has 146 valence electrons. The summed E-state index contributed by atoms with van der Waals surface area (Å²) in [7, 11) is 0. The number of carbonyl (C=O) groups is 1. The minimum atomic E-state index is -4.70. The zero-order valence-corrected chi connectivity index (χ0v) is 15.3. The predicted octanol–water partition coefficient (Wildman–Crippen LogP) is 4.63. The van der Waals surface area contributed by atoms with Gasteiger partial charge in [-0.25, -0.2) is 4.98 Å². The highest BCUT2D eigenvalue weighted by Crippen LogP contribution is 2.48. The van der Waals surface area contributed by atoms with Gasteiger partial charge in [-0.15, -0.1) is 0 Å².